The van der Waals surface area contributed by atoms with Crippen molar-refractivity contribution in [2.24, 2.45) is 0 Å². The van der Waals surface area contributed by atoms with Crippen molar-refractivity contribution in [2.75, 3.05) is 67.2 Å². The summed E-state index contributed by atoms with van der Waals surface area (Å²) in [6, 6.07) is 0. The summed E-state index contributed by atoms with van der Waals surface area (Å²) in [7, 11) is 6.89. The van der Waals surface area contributed by atoms with Gasteiger partial charge in [-0.15, -0.1) is 0 Å². The molecule has 0 aromatic carbocycles. The minimum absolute atomic E-state index is 0.322. The predicted octanol–water partition coefficient (Wildman–Crippen LogP) is 7.32. The van der Waals surface area contributed by atoms with Gasteiger partial charge in [0.25, 0.3) is 0 Å². The Morgan fingerprint density at radius 1 is 0.525 bits per heavy atom. The third kappa shape index (κ3) is 15.2. The Balaban J connectivity index is 1.58. The van der Waals surface area contributed by atoms with Gasteiger partial charge in [-0.05, 0) is 25.7 Å². The second-order valence-corrected chi connectivity index (χ2v) is 14.2. The molecule has 2 heterocycles. The summed E-state index contributed by atoms with van der Waals surface area (Å²) >= 11 is 0. The van der Waals surface area contributed by atoms with E-state index in [-0.39, 0.29) is 0 Å². The lowest BCUT2D eigenvalue weighted by atomic mass is 10.0. The number of carbonyl (C=O) groups is 2. The molecule has 0 N–H and O–H groups in total. The van der Waals surface area contributed by atoms with Crippen LogP contribution in [0.1, 0.15) is 142 Å². The topological polar surface area (TPSA) is 40.6 Å². The minimum atomic E-state index is 0.322. The third-order valence-corrected chi connectivity index (χ3v) is 9.42. The Kier molecular flexibility index (Phi) is 17.4. The van der Waals surface area contributed by atoms with Crippen LogP contribution in [0, 0.1) is 0 Å². The molecular weight excluding hydrogens is 496 g/mol. The first-order valence-corrected chi connectivity index (χ1v) is 17.5. The fourth-order valence-electron chi connectivity index (χ4n) is 6.83. The number of amides is 2. The maximum Gasteiger partial charge on any atom is 0.226 e. The largest absolute Gasteiger partial charge is 0.311 e. The van der Waals surface area contributed by atoms with Crippen molar-refractivity contribution in [1.82, 2.24) is 9.80 Å². The smallest absolute Gasteiger partial charge is 0.226 e. The van der Waals surface area contributed by atoms with Crippen molar-refractivity contribution < 1.29 is 18.6 Å². The summed E-state index contributed by atoms with van der Waals surface area (Å²) in [5, 5.41) is 0. The zero-order valence-electron chi connectivity index (χ0n) is 27.4. The van der Waals surface area contributed by atoms with Gasteiger partial charge in [0, 0.05) is 32.4 Å². The number of hydrogen-bond acceptors (Lipinski definition) is 2. The van der Waals surface area contributed by atoms with Crippen molar-refractivity contribution in [2.45, 2.75) is 142 Å². The molecule has 6 nitrogen and oxygen atoms in total. The Morgan fingerprint density at radius 3 is 1.35 bits per heavy atom. The molecule has 1 unspecified atom stereocenters. The van der Waals surface area contributed by atoms with E-state index in [1.54, 1.807) is 0 Å². The lowest BCUT2D eigenvalue weighted by Gasteiger charge is -2.39. The summed E-state index contributed by atoms with van der Waals surface area (Å²) in [6.07, 6.45) is 27.0. The van der Waals surface area contributed by atoms with Crippen LogP contribution in [-0.4, -0.2) is 97.8 Å². The number of rotatable bonds is 25. The van der Waals surface area contributed by atoms with Gasteiger partial charge < -0.3 is 8.97 Å². The van der Waals surface area contributed by atoms with E-state index >= 15 is 0 Å². The van der Waals surface area contributed by atoms with Crippen LogP contribution in [0.15, 0.2) is 0 Å². The Hall–Kier alpha value is -1.14. The zero-order chi connectivity index (χ0) is 29.1. The van der Waals surface area contributed by atoms with Crippen LogP contribution >= 0.6 is 0 Å². The number of unbranched alkanes of at least 4 members (excludes halogenated alkanes) is 15. The van der Waals surface area contributed by atoms with E-state index < -0.39 is 0 Å². The Morgan fingerprint density at radius 2 is 0.925 bits per heavy atom. The molecule has 2 amide bonds. The number of quaternary nitrogens is 2. The molecule has 2 fully saturated rings. The molecule has 0 aromatic rings. The van der Waals surface area contributed by atoms with Gasteiger partial charge in [-0.25, -0.2) is 0 Å². The van der Waals surface area contributed by atoms with E-state index in [1.165, 1.54) is 109 Å². The van der Waals surface area contributed by atoms with Gasteiger partial charge in [-0.1, -0.05) is 96.8 Å². The molecule has 2 aliphatic heterocycles. The van der Waals surface area contributed by atoms with Gasteiger partial charge in [0.05, 0.1) is 40.8 Å². The maximum absolute atomic E-state index is 12.4. The molecule has 0 bridgehead atoms. The highest BCUT2D eigenvalue weighted by atomic mass is 16.2. The maximum atomic E-state index is 12.4. The van der Waals surface area contributed by atoms with Gasteiger partial charge in [-0.2, -0.15) is 0 Å². The fourth-order valence-corrected chi connectivity index (χ4v) is 6.83. The zero-order valence-corrected chi connectivity index (χ0v) is 27.4. The molecule has 0 aliphatic carbocycles. The summed E-state index contributed by atoms with van der Waals surface area (Å²) in [4.78, 5) is 28.7. The van der Waals surface area contributed by atoms with Crippen LogP contribution in [0.5, 0.6) is 0 Å². The van der Waals surface area contributed by atoms with E-state index in [0.29, 0.717) is 11.8 Å². The third-order valence-electron chi connectivity index (χ3n) is 9.42. The quantitative estimate of drug-likeness (QED) is 0.0861. The van der Waals surface area contributed by atoms with Crippen LogP contribution in [0.3, 0.4) is 0 Å². The average Bonchev–Trinajstić information content (AvgIpc) is 3.50. The van der Waals surface area contributed by atoms with E-state index in [2.05, 4.69) is 33.0 Å². The summed E-state index contributed by atoms with van der Waals surface area (Å²) in [5.41, 5.74) is 0. The van der Waals surface area contributed by atoms with Crippen molar-refractivity contribution in [3.8, 4) is 0 Å². The van der Waals surface area contributed by atoms with Gasteiger partial charge in [-0.3, -0.25) is 19.4 Å². The number of hydrogen-bond donors (Lipinski definition) is 0. The lowest BCUT2D eigenvalue weighted by molar-refractivity contribution is -0.929. The van der Waals surface area contributed by atoms with Gasteiger partial charge >= 0.3 is 0 Å². The van der Waals surface area contributed by atoms with Crippen LogP contribution < -0.4 is 0 Å². The second kappa shape index (κ2) is 19.9. The van der Waals surface area contributed by atoms with Crippen molar-refractivity contribution in [1.29, 1.82) is 0 Å². The average molecular weight is 565 g/mol. The summed E-state index contributed by atoms with van der Waals surface area (Å²) in [6.45, 7) is 9.20. The molecule has 234 valence electrons. The summed E-state index contributed by atoms with van der Waals surface area (Å²) < 4.78 is 1.85. The molecule has 6 heteroatoms. The van der Waals surface area contributed by atoms with Crippen molar-refractivity contribution in [3.05, 3.63) is 0 Å². The van der Waals surface area contributed by atoms with E-state index in [1.807, 2.05) is 4.90 Å². The number of carbonyl (C=O) groups excluding carboxylic acids is 2. The van der Waals surface area contributed by atoms with Gasteiger partial charge in [0.1, 0.15) is 0 Å². The molecule has 0 spiro atoms. The molecule has 2 rings (SSSR count). The van der Waals surface area contributed by atoms with E-state index in [9.17, 15) is 9.59 Å². The fraction of sp³-hybridized carbons (Fsp3) is 0.941. The number of likely N-dealkylation sites (tertiary alicyclic amines) is 2. The summed E-state index contributed by atoms with van der Waals surface area (Å²) in [5.74, 6) is 0.669. The van der Waals surface area contributed by atoms with Gasteiger partial charge in [0.15, 0.2) is 13.3 Å². The molecule has 0 aromatic heterocycles. The normalized spacial score (nSPS) is 17.8. The molecule has 2 saturated heterocycles. The SMILES string of the molecule is CCCCCCCCCCCCCCCCCC[N+](C)(CCC[N+](C)(C)CN1CCCC1=O)CN1CCCC1=O. The first kappa shape index (κ1) is 35.1. The number of nitrogens with zero attached hydrogens (tertiary/aromatic N) is 4. The van der Waals surface area contributed by atoms with Crippen LogP contribution in [-0.2, 0) is 9.59 Å². The first-order chi connectivity index (χ1) is 19.2. The second-order valence-electron chi connectivity index (χ2n) is 14.2. The Labute approximate surface area is 249 Å². The Bertz CT molecular complexity index is 697. The highest BCUT2D eigenvalue weighted by Gasteiger charge is 2.32. The standard InChI is InChI=1S/C34H68N4O2/c1-5-6-7-8-9-10-11-12-13-14-15-16-17-18-19-20-29-38(4,32-36-27-22-25-34(36)40)30-23-28-37(2,3)31-35-26-21-24-33(35)39/h5-32H2,1-4H3/q+2. The van der Waals surface area contributed by atoms with Crippen molar-refractivity contribution >= 4 is 11.8 Å². The monoisotopic (exact) mass is 565 g/mol. The predicted molar refractivity (Wildman–Crippen MR) is 169 cm³/mol. The van der Waals surface area contributed by atoms with Gasteiger partial charge in [0.2, 0.25) is 11.8 Å². The minimum Gasteiger partial charge on any atom is -0.311 e. The lowest BCUT2D eigenvalue weighted by Crippen LogP contribution is -2.55. The molecule has 0 radical (unpaired) electrons. The highest BCUT2D eigenvalue weighted by Crippen LogP contribution is 2.19. The van der Waals surface area contributed by atoms with Crippen LogP contribution in [0.25, 0.3) is 0 Å². The molecule has 40 heavy (non-hydrogen) atoms. The first-order valence-electron chi connectivity index (χ1n) is 17.5. The van der Waals surface area contributed by atoms with Crippen LogP contribution in [0.4, 0.5) is 0 Å². The van der Waals surface area contributed by atoms with E-state index in [4.69, 9.17) is 0 Å². The molecule has 1 atom stereocenters. The van der Waals surface area contributed by atoms with E-state index in [0.717, 1.165) is 80.6 Å². The molecule has 0 saturated carbocycles. The van der Waals surface area contributed by atoms with Crippen molar-refractivity contribution in [3.63, 3.8) is 0 Å². The molecule has 2 aliphatic rings. The highest BCUT2D eigenvalue weighted by molar-refractivity contribution is 5.78. The van der Waals surface area contributed by atoms with Crippen LogP contribution in [0.2, 0.25) is 0 Å². The molecular formula is C34H68N4O2+2.